The average molecular weight is 504 g/mol. The van der Waals surface area contributed by atoms with E-state index in [0.717, 1.165) is 29.6 Å². The summed E-state index contributed by atoms with van der Waals surface area (Å²) in [6.07, 6.45) is 3.66. The fourth-order valence-electron chi connectivity index (χ4n) is 5.05. The highest BCUT2D eigenvalue weighted by molar-refractivity contribution is 7.11. The molecule has 36 heavy (non-hydrogen) atoms. The van der Waals surface area contributed by atoms with Crippen molar-refractivity contribution in [3.63, 3.8) is 0 Å². The van der Waals surface area contributed by atoms with Gasteiger partial charge in [-0.2, -0.15) is 0 Å². The van der Waals surface area contributed by atoms with E-state index in [1.165, 1.54) is 23.5 Å². The van der Waals surface area contributed by atoms with Gasteiger partial charge in [0.25, 0.3) is 11.8 Å². The first-order valence-corrected chi connectivity index (χ1v) is 13.0. The van der Waals surface area contributed by atoms with Crippen LogP contribution in [0.25, 0.3) is 10.9 Å². The van der Waals surface area contributed by atoms with Crippen LogP contribution in [0.15, 0.2) is 66.3 Å². The highest BCUT2D eigenvalue weighted by Gasteiger charge is 2.37. The molecule has 184 valence electrons. The molecular weight excluding hydrogens is 477 g/mol. The number of piperazine rings is 1. The van der Waals surface area contributed by atoms with Gasteiger partial charge in [0.15, 0.2) is 5.01 Å². The molecule has 4 heterocycles. The molecule has 0 saturated carbocycles. The van der Waals surface area contributed by atoms with E-state index in [9.17, 15) is 14.0 Å². The van der Waals surface area contributed by atoms with E-state index < -0.39 is 0 Å². The summed E-state index contributed by atoms with van der Waals surface area (Å²) in [5.74, 6) is -0.175. The van der Waals surface area contributed by atoms with E-state index in [1.54, 1.807) is 18.3 Å². The summed E-state index contributed by atoms with van der Waals surface area (Å²) in [5, 5.41) is 3.39. The van der Waals surface area contributed by atoms with Crippen molar-refractivity contribution >= 4 is 34.1 Å². The van der Waals surface area contributed by atoms with Crippen LogP contribution < -0.4 is 0 Å². The van der Waals surface area contributed by atoms with Crippen LogP contribution in [-0.2, 0) is 6.54 Å². The number of halogens is 1. The Balaban J connectivity index is 1.04. The highest BCUT2D eigenvalue weighted by atomic mass is 32.1. The van der Waals surface area contributed by atoms with Crippen molar-refractivity contribution in [1.82, 2.24) is 24.3 Å². The molecule has 7 nitrogen and oxygen atoms in total. The van der Waals surface area contributed by atoms with Crippen molar-refractivity contribution in [3.8, 4) is 0 Å². The predicted octanol–water partition coefficient (Wildman–Crippen LogP) is 3.57. The highest BCUT2D eigenvalue weighted by Crippen LogP contribution is 2.24. The molecule has 6 rings (SSSR count). The van der Waals surface area contributed by atoms with Crippen LogP contribution in [-0.4, -0.2) is 81.4 Å². The summed E-state index contributed by atoms with van der Waals surface area (Å²) in [7, 11) is 0. The summed E-state index contributed by atoms with van der Waals surface area (Å²) in [5.41, 5.74) is 2.76. The molecule has 2 aliphatic heterocycles. The van der Waals surface area contributed by atoms with Gasteiger partial charge >= 0.3 is 0 Å². The Morgan fingerprint density at radius 3 is 2.44 bits per heavy atom. The minimum absolute atomic E-state index is 0.0111. The van der Waals surface area contributed by atoms with Gasteiger partial charge in [-0.1, -0.05) is 12.1 Å². The summed E-state index contributed by atoms with van der Waals surface area (Å²) < 4.78 is 15.3. The van der Waals surface area contributed by atoms with Crippen LogP contribution in [0.3, 0.4) is 0 Å². The third-order valence-corrected chi connectivity index (χ3v) is 7.93. The Labute approximate surface area is 212 Å². The summed E-state index contributed by atoms with van der Waals surface area (Å²) in [6.45, 7) is 5.08. The number of likely N-dealkylation sites (tertiary alicyclic amines) is 1. The fraction of sp³-hybridized carbons (Fsp3) is 0.296. The normalized spacial score (nSPS) is 16.9. The second kappa shape index (κ2) is 9.48. The van der Waals surface area contributed by atoms with Gasteiger partial charge in [-0.25, -0.2) is 9.37 Å². The molecule has 4 aromatic rings. The SMILES string of the molecule is O=C(c1ccc2c(ccn2Cc2ccc(F)cc2)c1)N1CC(N2CCN(C(=O)c3nccs3)CC2)C1. The first-order chi connectivity index (χ1) is 17.5. The molecule has 0 aliphatic carbocycles. The van der Waals surface area contributed by atoms with Gasteiger partial charge in [-0.3, -0.25) is 14.5 Å². The zero-order chi connectivity index (χ0) is 24.6. The first-order valence-electron chi connectivity index (χ1n) is 12.1. The lowest BCUT2D eigenvalue weighted by atomic mass is 10.0. The molecule has 9 heteroatoms. The molecule has 0 atom stereocenters. The van der Waals surface area contributed by atoms with Crippen molar-refractivity contribution in [1.29, 1.82) is 0 Å². The molecule has 0 bridgehead atoms. The second-order valence-electron chi connectivity index (χ2n) is 9.37. The fourth-order valence-corrected chi connectivity index (χ4v) is 5.65. The van der Waals surface area contributed by atoms with Gasteiger partial charge in [0.1, 0.15) is 5.82 Å². The Bertz CT molecular complexity index is 1390. The lowest BCUT2D eigenvalue weighted by Gasteiger charge is -2.48. The third kappa shape index (κ3) is 4.40. The Kier molecular flexibility index (Phi) is 6.02. The van der Waals surface area contributed by atoms with Crippen LogP contribution >= 0.6 is 11.3 Å². The van der Waals surface area contributed by atoms with Crippen LogP contribution in [0.5, 0.6) is 0 Å². The molecule has 2 amide bonds. The van der Waals surface area contributed by atoms with Crippen molar-refractivity contribution in [2.75, 3.05) is 39.3 Å². The van der Waals surface area contributed by atoms with Crippen LogP contribution in [0.1, 0.15) is 25.7 Å². The van der Waals surface area contributed by atoms with Gasteiger partial charge in [0.2, 0.25) is 0 Å². The lowest BCUT2D eigenvalue weighted by Crippen LogP contribution is -2.64. The number of carbonyl (C=O) groups excluding carboxylic acids is 2. The second-order valence-corrected chi connectivity index (χ2v) is 10.3. The van der Waals surface area contributed by atoms with E-state index >= 15 is 0 Å². The number of hydrogen-bond acceptors (Lipinski definition) is 5. The maximum atomic E-state index is 13.2. The summed E-state index contributed by atoms with van der Waals surface area (Å²) in [6, 6.07) is 14.7. The molecule has 2 aromatic heterocycles. The standard InChI is InChI=1S/C27H26FN5O2S/c28-22-4-1-19(2-5-22)16-32-9-7-20-15-21(3-6-24(20)32)26(34)33-17-23(18-33)30-10-12-31(13-11-30)27(35)25-29-8-14-36-25/h1-9,14-15,23H,10-13,16-18H2. The Hall–Kier alpha value is -3.56. The van der Waals surface area contributed by atoms with Gasteiger partial charge in [0, 0.05) is 86.1 Å². The number of carbonyl (C=O) groups is 2. The van der Waals surface area contributed by atoms with Gasteiger partial charge in [0.05, 0.1) is 0 Å². The maximum absolute atomic E-state index is 13.2. The van der Waals surface area contributed by atoms with Gasteiger partial charge < -0.3 is 14.4 Å². The number of amides is 2. The average Bonchev–Trinajstić information content (AvgIpc) is 3.55. The number of rotatable bonds is 5. The van der Waals surface area contributed by atoms with Crippen LogP contribution in [0.2, 0.25) is 0 Å². The van der Waals surface area contributed by atoms with Crippen molar-refractivity contribution in [3.05, 3.63) is 88.3 Å². The quantitative estimate of drug-likeness (QED) is 0.418. The lowest BCUT2D eigenvalue weighted by molar-refractivity contribution is 0.00854. The first kappa shape index (κ1) is 22.9. The summed E-state index contributed by atoms with van der Waals surface area (Å²) in [4.78, 5) is 35.9. The minimum atomic E-state index is -0.239. The predicted molar refractivity (Wildman–Crippen MR) is 137 cm³/mol. The van der Waals surface area contributed by atoms with E-state index in [1.807, 2.05) is 45.6 Å². The van der Waals surface area contributed by atoms with Gasteiger partial charge in [-0.05, 0) is 42.0 Å². The van der Waals surface area contributed by atoms with Crippen molar-refractivity contribution in [2.45, 2.75) is 12.6 Å². The number of thiazole rings is 1. The molecule has 2 fully saturated rings. The van der Waals surface area contributed by atoms with E-state index in [4.69, 9.17) is 0 Å². The van der Waals surface area contributed by atoms with Crippen LogP contribution in [0, 0.1) is 5.82 Å². The molecule has 2 saturated heterocycles. The largest absolute Gasteiger partial charge is 0.343 e. The zero-order valence-electron chi connectivity index (χ0n) is 19.7. The van der Waals surface area contributed by atoms with Crippen molar-refractivity contribution in [2.24, 2.45) is 0 Å². The minimum Gasteiger partial charge on any atom is -0.343 e. The Morgan fingerprint density at radius 2 is 1.72 bits per heavy atom. The molecule has 0 unspecified atom stereocenters. The summed E-state index contributed by atoms with van der Waals surface area (Å²) >= 11 is 1.38. The van der Waals surface area contributed by atoms with Crippen LogP contribution in [0.4, 0.5) is 4.39 Å². The van der Waals surface area contributed by atoms with E-state index in [0.29, 0.717) is 49.3 Å². The number of benzene rings is 2. The molecule has 0 N–H and O–H groups in total. The zero-order valence-corrected chi connectivity index (χ0v) is 20.5. The maximum Gasteiger partial charge on any atom is 0.282 e. The molecule has 2 aromatic carbocycles. The van der Waals surface area contributed by atoms with E-state index in [2.05, 4.69) is 14.5 Å². The number of fused-ring (bicyclic) bond motifs is 1. The molecule has 0 radical (unpaired) electrons. The monoisotopic (exact) mass is 503 g/mol. The number of nitrogens with zero attached hydrogens (tertiary/aromatic N) is 5. The number of hydrogen-bond donors (Lipinski definition) is 0. The van der Waals surface area contributed by atoms with Gasteiger partial charge in [-0.15, -0.1) is 11.3 Å². The third-order valence-electron chi connectivity index (χ3n) is 7.17. The Morgan fingerprint density at radius 1 is 0.944 bits per heavy atom. The number of aromatic nitrogens is 2. The van der Waals surface area contributed by atoms with E-state index in [-0.39, 0.29) is 17.6 Å². The molecule has 0 spiro atoms. The van der Waals surface area contributed by atoms with Crippen molar-refractivity contribution < 1.29 is 14.0 Å². The molecular formula is C27H26FN5O2S. The smallest absolute Gasteiger partial charge is 0.282 e. The topological polar surface area (TPSA) is 61.7 Å². The molecule has 2 aliphatic rings.